The number of ether oxygens (including phenoxy) is 2. The molecule has 3 rings (SSSR count). The van der Waals surface area contributed by atoms with E-state index in [9.17, 15) is 9.59 Å². The topological polar surface area (TPSA) is 67.9 Å². The van der Waals surface area contributed by atoms with Gasteiger partial charge >= 0.3 is 6.03 Å². The molecule has 6 heteroatoms. The second-order valence-corrected chi connectivity index (χ2v) is 3.90. The van der Waals surface area contributed by atoms with E-state index in [1.807, 2.05) is 12.1 Å². The van der Waals surface area contributed by atoms with Crippen molar-refractivity contribution in [1.29, 1.82) is 0 Å². The summed E-state index contributed by atoms with van der Waals surface area (Å²) in [6, 6.07) is 5.11. The van der Waals surface area contributed by atoms with Gasteiger partial charge in [0, 0.05) is 6.54 Å². The molecule has 1 fully saturated rings. The summed E-state index contributed by atoms with van der Waals surface area (Å²) in [5.41, 5.74) is 0.902. The van der Waals surface area contributed by atoms with Gasteiger partial charge in [-0.25, -0.2) is 4.79 Å². The van der Waals surface area contributed by atoms with Crippen molar-refractivity contribution in [3.8, 4) is 11.5 Å². The van der Waals surface area contributed by atoms with E-state index in [1.54, 1.807) is 6.07 Å². The fourth-order valence-electron chi connectivity index (χ4n) is 1.87. The van der Waals surface area contributed by atoms with Gasteiger partial charge in [-0.15, -0.1) is 0 Å². The molecule has 2 aliphatic rings. The summed E-state index contributed by atoms with van der Waals surface area (Å²) in [5, 5.41) is 2.23. The molecule has 0 unspecified atom stereocenters. The summed E-state index contributed by atoms with van der Waals surface area (Å²) in [7, 11) is 0. The summed E-state index contributed by atoms with van der Waals surface area (Å²) in [4.78, 5) is 23.8. The second kappa shape index (κ2) is 3.65. The molecule has 0 aliphatic carbocycles. The van der Waals surface area contributed by atoms with Crippen molar-refractivity contribution < 1.29 is 19.1 Å². The van der Waals surface area contributed by atoms with Crippen molar-refractivity contribution in [3.63, 3.8) is 0 Å². The Kier molecular flexibility index (Phi) is 2.14. The van der Waals surface area contributed by atoms with Crippen molar-refractivity contribution in [2.45, 2.75) is 6.54 Å². The van der Waals surface area contributed by atoms with Gasteiger partial charge in [0.2, 0.25) is 12.7 Å². The summed E-state index contributed by atoms with van der Waals surface area (Å²) < 4.78 is 10.4. The van der Waals surface area contributed by atoms with Crippen LogP contribution in [0.5, 0.6) is 11.5 Å². The molecule has 3 amide bonds. The molecule has 2 aliphatic heterocycles. The normalized spacial score (nSPS) is 17.5. The third-order valence-corrected chi connectivity index (χ3v) is 2.68. The third-order valence-electron chi connectivity index (χ3n) is 2.68. The first-order valence-electron chi connectivity index (χ1n) is 5.20. The molecule has 0 spiro atoms. The summed E-state index contributed by atoms with van der Waals surface area (Å²) >= 11 is 0. The van der Waals surface area contributed by atoms with Crippen LogP contribution in [0.15, 0.2) is 18.2 Å². The fraction of sp³-hybridized carbons (Fsp3) is 0.273. The Balaban J connectivity index is 1.77. The molecule has 1 aromatic carbocycles. The van der Waals surface area contributed by atoms with Crippen molar-refractivity contribution >= 4 is 11.9 Å². The van der Waals surface area contributed by atoms with Crippen LogP contribution in [0.2, 0.25) is 0 Å². The average Bonchev–Trinajstić information content (AvgIpc) is 2.85. The molecular formula is C11H10N2O4. The Morgan fingerprint density at radius 2 is 2.06 bits per heavy atom. The zero-order valence-electron chi connectivity index (χ0n) is 8.93. The molecule has 1 N–H and O–H groups in total. The number of urea groups is 1. The monoisotopic (exact) mass is 234 g/mol. The van der Waals surface area contributed by atoms with Crippen LogP contribution < -0.4 is 14.8 Å². The number of hydrogen-bond acceptors (Lipinski definition) is 4. The van der Waals surface area contributed by atoms with E-state index < -0.39 is 0 Å². The minimum Gasteiger partial charge on any atom is -0.454 e. The van der Waals surface area contributed by atoms with Crippen LogP contribution in [-0.2, 0) is 11.3 Å². The van der Waals surface area contributed by atoms with Gasteiger partial charge in [-0.1, -0.05) is 6.07 Å². The minimum absolute atomic E-state index is 0.104. The molecule has 2 heterocycles. The predicted molar refractivity (Wildman–Crippen MR) is 56.5 cm³/mol. The Bertz CT molecular complexity index is 500. The number of nitrogens with one attached hydrogen (secondary N) is 1. The number of carbonyl (C=O) groups is 2. The summed E-state index contributed by atoms with van der Waals surface area (Å²) in [5.74, 6) is 1.11. The highest BCUT2D eigenvalue weighted by atomic mass is 16.7. The molecule has 1 saturated heterocycles. The highest BCUT2D eigenvalue weighted by Gasteiger charge is 2.26. The van der Waals surface area contributed by atoms with Crippen LogP contribution in [0.4, 0.5) is 4.79 Å². The smallest absolute Gasteiger partial charge is 0.324 e. The van der Waals surface area contributed by atoms with Gasteiger partial charge in [-0.05, 0) is 17.7 Å². The number of amides is 3. The number of benzene rings is 1. The van der Waals surface area contributed by atoms with Crippen molar-refractivity contribution in [1.82, 2.24) is 10.2 Å². The van der Waals surface area contributed by atoms with E-state index in [-0.39, 0.29) is 25.3 Å². The first kappa shape index (κ1) is 9.95. The molecule has 0 radical (unpaired) electrons. The predicted octanol–water partition coefficient (Wildman–Crippen LogP) is 0.467. The number of nitrogens with zero attached hydrogens (tertiary/aromatic N) is 1. The van der Waals surface area contributed by atoms with Crippen LogP contribution >= 0.6 is 0 Å². The minimum atomic E-state index is -0.354. The van der Waals surface area contributed by atoms with Gasteiger partial charge in [0.1, 0.15) is 6.54 Å². The number of carbonyl (C=O) groups excluding carboxylic acids is 2. The van der Waals surface area contributed by atoms with Gasteiger partial charge in [0.25, 0.3) is 0 Å². The zero-order chi connectivity index (χ0) is 11.8. The van der Waals surface area contributed by atoms with E-state index in [0.29, 0.717) is 18.0 Å². The molecule has 1 aromatic rings. The fourth-order valence-corrected chi connectivity index (χ4v) is 1.87. The lowest BCUT2D eigenvalue weighted by atomic mass is 10.2. The van der Waals surface area contributed by atoms with E-state index in [4.69, 9.17) is 9.47 Å². The lowest BCUT2D eigenvalue weighted by molar-refractivity contribution is -0.118. The standard InChI is InChI=1S/C11H10N2O4/c14-10-5-13(11(15)12-10)4-7-1-2-8-9(3-7)17-6-16-8/h1-3H,4-6H2,(H,12,14,15). The van der Waals surface area contributed by atoms with Crippen LogP contribution in [0.3, 0.4) is 0 Å². The van der Waals surface area contributed by atoms with E-state index >= 15 is 0 Å². The maximum Gasteiger partial charge on any atom is 0.324 e. The molecule has 88 valence electrons. The van der Waals surface area contributed by atoms with E-state index in [2.05, 4.69) is 5.32 Å². The molecule has 0 aromatic heterocycles. The molecular weight excluding hydrogens is 224 g/mol. The van der Waals surface area contributed by atoms with E-state index in [0.717, 1.165) is 5.56 Å². The first-order valence-corrected chi connectivity index (χ1v) is 5.20. The van der Waals surface area contributed by atoms with Gasteiger partial charge in [-0.3, -0.25) is 10.1 Å². The second-order valence-electron chi connectivity index (χ2n) is 3.90. The van der Waals surface area contributed by atoms with E-state index in [1.165, 1.54) is 4.90 Å². The van der Waals surface area contributed by atoms with Crippen molar-refractivity contribution in [2.75, 3.05) is 13.3 Å². The Hall–Kier alpha value is -2.24. The molecule has 6 nitrogen and oxygen atoms in total. The van der Waals surface area contributed by atoms with Crippen LogP contribution in [0, 0.1) is 0 Å². The number of hydrogen-bond donors (Lipinski definition) is 1. The van der Waals surface area contributed by atoms with Crippen LogP contribution in [-0.4, -0.2) is 30.2 Å². The highest BCUT2D eigenvalue weighted by molar-refractivity contribution is 6.01. The van der Waals surface area contributed by atoms with Gasteiger partial charge in [0.05, 0.1) is 0 Å². The third kappa shape index (κ3) is 1.77. The quantitative estimate of drug-likeness (QED) is 0.755. The Labute approximate surface area is 97.1 Å². The zero-order valence-corrected chi connectivity index (χ0v) is 8.93. The molecule has 0 atom stereocenters. The number of imide groups is 1. The lowest BCUT2D eigenvalue weighted by Crippen LogP contribution is -2.27. The largest absolute Gasteiger partial charge is 0.454 e. The van der Waals surface area contributed by atoms with Gasteiger partial charge < -0.3 is 14.4 Å². The lowest BCUT2D eigenvalue weighted by Gasteiger charge is -2.13. The highest BCUT2D eigenvalue weighted by Crippen LogP contribution is 2.32. The van der Waals surface area contributed by atoms with Crippen molar-refractivity contribution in [3.05, 3.63) is 23.8 Å². The van der Waals surface area contributed by atoms with Gasteiger partial charge in [-0.2, -0.15) is 0 Å². The summed E-state index contributed by atoms with van der Waals surface area (Å²) in [6.45, 7) is 0.711. The SMILES string of the molecule is O=C1CN(Cc2ccc3c(c2)OCO3)C(=O)N1. The maximum absolute atomic E-state index is 11.4. The average molecular weight is 234 g/mol. The molecule has 0 bridgehead atoms. The number of rotatable bonds is 2. The Morgan fingerprint density at radius 3 is 2.82 bits per heavy atom. The summed E-state index contributed by atoms with van der Waals surface area (Å²) in [6.07, 6.45) is 0. The maximum atomic E-state index is 11.4. The van der Waals surface area contributed by atoms with Crippen molar-refractivity contribution in [2.24, 2.45) is 0 Å². The van der Waals surface area contributed by atoms with Crippen LogP contribution in [0.25, 0.3) is 0 Å². The molecule has 0 saturated carbocycles. The Morgan fingerprint density at radius 1 is 1.24 bits per heavy atom. The molecule has 17 heavy (non-hydrogen) atoms. The number of fused-ring (bicyclic) bond motifs is 1. The first-order chi connectivity index (χ1) is 8.22. The van der Waals surface area contributed by atoms with Crippen LogP contribution in [0.1, 0.15) is 5.56 Å². The van der Waals surface area contributed by atoms with Gasteiger partial charge in [0.15, 0.2) is 11.5 Å².